The molecule has 1 aliphatic rings. The van der Waals surface area contributed by atoms with E-state index in [9.17, 15) is 4.21 Å². The highest BCUT2D eigenvalue weighted by Gasteiger charge is 2.11. The number of rotatable bonds is 7. The van der Waals surface area contributed by atoms with Gasteiger partial charge in [0.2, 0.25) is 0 Å². The molecule has 2 atom stereocenters. The summed E-state index contributed by atoms with van der Waals surface area (Å²) in [4.78, 5) is 3.30. The average Bonchev–Trinajstić information content (AvgIpc) is 2.99. The van der Waals surface area contributed by atoms with Crippen molar-refractivity contribution in [2.45, 2.75) is 43.9 Å². The summed E-state index contributed by atoms with van der Waals surface area (Å²) in [5.74, 6) is 0.570. The van der Waals surface area contributed by atoms with Gasteiger partial charge in [0.25, 0.3) is 0 Å². The Morgan fingerprint density at radius 2 is 1.90 bits per heavy atom. The molecule has 2 rings (SSSR count). The van der Waals surface area contributed by atoms with Crippen molar-refractivity contribution in [2.24, 2.45) is 0 Å². The molecule has 0 aliphatic carbocycles. The van der Waals surface area contributed by atoms with E-state index in [1.807, 2.05) is 12.1 Å². The number of nitrogens with zero attached hydrogens (tertiary/aromatic N) is 1. The molecule has 4 heteroatoms. The summed E-state index contributed by atoms with van der Waals surface area (Å²) < 4.78 is 15.3. The third-order valence-electron chi connectivity index (χ3n) is 4.14. The molecule has 0 spiro atoms. The van der Waals surface area contributed by atoms with Crippen LogP contribution in [0.15, 0.2) is 29.2 Å². The SMILES string of the molecule is CCC(C)c1ccc(S(=O)NCCN2CCCC2)cc1. The molecule has 1 aromatic rings. The molecule has 20 heavy (non-hydrogen) atoms. The van der Waals surface area contributed by atoms with Gasteiger partial charge in [-0.05, 0) is 56.0 Å². The van der Waals surface area contributed by atoms with E-state index in [0.717, 1.165) is 24.4 Å². The minimum atomic E-state index is -1.08. The van der Waals surface area contributed by atoms with E-state index >= 15 is 0 Å². The van der Waals surface area contributed by atoms with E-state index in [0.29, 0.717) is 5.92 Å². The lowest BCUT2D eigenvalue weighted by atomic mass is 9.99. The summed E-state index contributed by atoms with van der Waals surface area (Å²) >= 11 is 0. The first kappa shape index (κ1) is 15.7. The van der Waals surface area contributed by atoms with Crippen molar-refractivity contribution in [3.63, 3.8) is 0 Å². The fourth-order valence-electron chi connectivity index (χ4n) is 2.54. The van der Waals surface area contributed by atoms with E-state index in [1.54, 1.807) is 0 Å². The van der Waals surface area contributed by atoms with Crippen molar-refractivity contribution in [2.75, 3.05) is 26.2 Å². The zero-order chi connectivity index (χ0) is 14.4. The molecule has 1 heterocycles. The van der Waals surface area contributed by atoms with Gasteiger partial charge in [-0.1, -0.05) is 26.0 Å². The molecule has 0 radical (unpaired) electrons. The van der Waals surface area contributed by atoms with Crippen LogP contribution in [-0.4, -0.2) is 35.3 Å². The first-order valence-corrected chi connectivity index (χ1v) is 8.83. The lowest BCUT2D eigenvalue weighted by molar-refractivity contribution is 0.345. The quantitative estimate of drug-likeness (QED) is 0.838. The highest BCUT2D eigenvalue weighted by molar-refractivity contribution is 7.83. The van der Waals surface area contributed by atoms with Crippen molar-refractivity contribution < 1.29 is 4.21 Å². The molecular weight excluding hydrogens is 268 g/mol. The highest BCUT2D eigenvalue weighted by atomic mass is 32.2. The number of benzene rings is 1. The maximum Gasteiger partial charge on any atom is 0.124 e. The second-order valence-electron chi connectivity index (χ2n) is 5.59. The third-order valence-corrected chi connectivity index (χ3v) is 5.30. The number of hydrogen-bond acceptors (Lipinski definition) is 2. The zero-order valence-corrected chi connectivity index (χ0v) is 13.4. The standard InChI is InChI=1S/C16H26N2OS/c1-3-14(2)15-6-8-16(9-7-15)20(19)17-10-13-18-11-4-5-12-18/h6-9,14,17H,3-5,10-13H2,1-2H3. The zero-order valence-electron chi connectivity index (χ0n) is 12.6. The summed E-state index contributed by atoms with van der Waals surface area (Å²) in [6.45, 7) is 8.59. The molecule has 0 bridgehead atoms. The molecule has 0 aromatic heterocycles. The van der Waals surface area contributed by atoms with Crippen LogP contribution in [0.4, 0.5) is 0 Å². The minimum absolute atomic E-state index is 0.570. The Morgan fingerprint density at radius 1 is 1.25 bits per heavy atom. The van der Waals surface area contributed by atoms with E-state index in [-0.39, 0.29) is 0 Å². The van der Waals surface area contributed by atoms with Gasteiger partial charge in [0.05, 0.1) is 4.90 Å². The summed E-state index contributed by atoms with van der Waals surface area (Å²) in [5, 5.41) is 0. The largest absolute Gasteiger partial charge is 0.302 e. The Kier molecular flexibility index (Phi) is 6.20. The van der Waals surface area contributed by atoms with Gasteiger partial charge in [0, 0.05) is 13.1 Å². The van der Waals surface area contributed by atoms with Gasteiger partial charge < -0.3 is 4.90 Å². The predicted octanol–water partition coefficient (Wildman–Crippen LogP) is 2.91. The van der Waals surface area contributed by atoms with Crippen LogP contribution in [0.5, 0.6) is 0 Å². The van der Waals surface area contributed by atoms with Crippen LogP contribution in [0, 0.1) is 0 Å². The van der Waals surface area contributed by atoms with Gasteiger partial charge >= 0.3 is 0 Å². The van der Waals surface area contributed by atoms with E-state index in [4.69, 9.17) is 0 Å². The first-order valence-electron chi connectivity index (χ1n) is 7.68. The number of likely N-dealkylation sites (tertiary alicyclic amines) is 1. The topological polar surface area (TPSA) is 32.3 Å². The molecule has 1 fully saturated rings. The molecule has 112 valence electrons. The second-order valence-corrected chi connectivity index (χ2v) is 6.89. The molecule has 3 nitrogen and oxygen atoms in total. The second kappa shape index (κ2) is 7.91. The molecule has 2 unspecified atom stereocenters. The summed E-state index contributed by atoms with van der Waals surface area (Å²) in [6.07, 6.45) is 3.75. The lowest BCUT2D eigenvalue weighted by Crippen LogP contribution is -2.30. The first-order chi connectivity index (χ1) is 9.70. The molecule has 1 aromatic carbocycles. The summed E-state index contributed by atoms with van der Waals surface area (Å²) in [5.41, 5.74) is 1.32. The molecule has 0 amide bonds. The Balaban J connectivity index is 1.79. The summed E-state index contributed by atoms with van der Waals surface area (Å²) in [6, 6.07) is 8.17. The van der Waals surface area contributed by atoms with Crippen molar-refractivity contribution in [3.05, 3.63) is 29.8 Å². The number of nitrogens with one attached hydrogen (secondary N) is 1. The molecular formula is C16H26N2OS. The Morgan fingerprint density at radius 3 is 2.50 bits per heavy atom. The van der Waals surface area contributed by atoms with Gasteiger partial charge in [-0.3, -0.25) is 0 Å². The van der Waals surface area contributed by atoms with Gasteiger partial charge in [0.1, 0.15) is 11.0 Å². The fourth-order valence-corrected chi connectivity index (χ4v) is 3.37. The Labute approximate surface area is 125 Å². The van der Waals surface area contributed by atoms with Crippen LogP contribution in [0.1, 0.15) is 44.6 Å². The van der Waals surface area contributed by atoms with Gasteiger partial charge in [-0.2, -0.15) is 0 Å². The van der Waals surface area contributed by atoms with E-state index < -0.39 is 11.0 Å². The molecule has 1 aliphatic heterocycles. The predicted molar refractivity (Wildman–Crippen MR) is 85.2 cm³/mol. The smallest absolute Gasteiger partial charge is 0.124 e. The van der Waals surface area contributed by atoms with E-state index in [1.165, 1.54) is 31.5 Å². The van der Waals surface area contributed by atoms with Crippen molar-refractivity contribution in [1.82, 2.24) is 9.62 Å². The average molecular weight is 294 g/mol. The fraction of sp³-hybridized carbons (Fsp3) is 0.625. The van der Waals surface area contributed by atoms with Crippen LogP contribution in [0.25, 0.3) is 0 Å². The van der Waals surface area contributed by atoms with Gasteiger partial charge in [0.15, 0.2) is 0 Å². The highest BCUT2D eigenvalue weighted by Crippen LogP contribution is 2.19. The Bertz CT molecular complexity index is 427. The van der Waals surface area contributed by atoms with Crippen molar-refractivity contribution >= 4 is 11.0 Å². The van der Waals surface area contributed by atoms with Crippen LogP contribution in [0.3, 0.4) is 0 Å². The maximum atomic E-state index is 12.2. The molecule has 0 saturated carbocycles. The van der Waals surface area contributed by atoms with E-state index in [2.05, 4.69) is 35.6 Å². The van der Waals surface area contributed by atoms with Gasteiger partial charge in [-0.15, -0.1) is 0 Å². The normalized spacial score (nSPS) is 19.1. The maximum absolute atomic E-state index is 12.2. The number of hydrogen-bond donors (Lipinski definition) is 1. The van der Waals surface area contributed by atoms with Crippen LogP contribution < -0.4 is 4.72 Å². The van der Waals surface area contributed by atoms with Crippen molar-refractivity contribution in [1.29, 1.82) is 0 Å². The molecule has 1 N–H and O–H groups in total. The third kappa shape index (κ3) is 4.40. The van der Waals surface area contributed by atoms with Gasteiger partial charge in [-0.25, -0.2) is 8.93 Å². The minimum Gasteiger partial charge on any atom is -0.302 e. The van der Waals surface area contributed by atoms with Crippen LogP contribution in [-0.2, 0) is 11.0 Å². The molecule has 1 saturated heterocycles. The Hall–Kier alpha value is -0.710. The lowest BCUT2D eigenvalue weighted by Gasteiger charge is -2.14. The van der Waals surface area contributed by atoms with Crippen LogP contribution >= 0.6 is 0 Å². The van der Waals surface area contributed by atoms with Crippen LogP contribution in [0.2, 0.25) is 0 Å². The summed E-state index contributed by atoms with van der Waals surface area (Å²) in [7, 11) is -1.08. The monoisotopic (exact) mass is 294 g/mol. The van der Waals surface area contributed by atoms with Crippen molar-refractivity contribution in [3.8, 4) is 0 Å².